The number of morpholine rings is 1. The number of nitrogens with one attached hydrogen (secondary N) is 2. The molecular formula is C17H25N3O3. The lowest BCUT2D eigenvalue weighted by molar-refractivity contribution is -0.134. The number of carbonyl (C=O) groups excluding carboxylic acids is 2. The summed E-state index contributed by atoms with van der Waals surface area (Å²) >= 11 is 0. The largest absolute Gasteiger partial charge is 0.378 e. The number of aryl methyl sites for hydroxylation is 2. The summed E-state index contributed by atoms with van der Waals surface area (Å²) in [4.78, 5) is 25.8. The van der Waals surface area contributed by atoms with E-state index in [-0.39, 0.29) is 24.4 Å². The van der Waals surface area contributed by atoms with Gasteiger partial charge in [-0.05, 0) is 25.0 Å². The summed E-state index contributed by atoms with van der Waals surface area (Å²) in [5, 5.41) is 6.13. The van der Waals surface area contributed by atoms with Crippen LogP contribution in [-0.4, -0.2) is 56.1 Å². The monoisotopic (exact) mass is 319 g/mol. The molecule has 1 atom stereocenters. The van der Waals surface area contributed by atoms with Crippen LogP contribution in [0.15, 0.2) is 18.2 Å². The highest BCUT2D eigenvalue weighted by atomic mass is 16.5. The summed E-state index contributed by atoms with van der Waals surface area (Å²) in [5.41, 5.74) is 2.84. The van der Waals surface area contributed by atoms with Crippen molar-refractivity contribution in [3.63, 3.8) is 0 Å². The van der Waals surface area contributed by atoms with Gasteiger partial charge in [0.25, 0.3) is 0 Å². The molecule has 1 aromatic rings. The number of rotatable bonds is 5. The van der Waals surface area contributed by atoms with Crippen molar-refractivity contribution in [2.24, 2.45) is 0 Å². The molecule has 1 aliphatic rings. The van der Waals surface area contributed by atoms with Gasteiger partial charge in [0, 0.05) is 31.7 Å². The first-order valence-corrected chi connectivity index (χ1v) is 7.88. The second-order valence-electron chi connectivity index (χ2n) is 5.99. The van der Waals surface area contributed by atoms with E-state index in [0.29, 0.717) is 19.6 Å². The molecular weight excluding hydrogens is 294 g/mol. The van der Waals surface area contributed by atoms with E-state index < -0.39 is 0 Å². The molecule has 0 aliphatic carbocycles. The molecule has 2 amide bonds. The van der Waals surface area contributed by atoms with Crippen molar-refractivity contribution in [3.8, 4) is 0 Å². The molecule has 1 heterocycles. The molecule has 0 bridgehead atoms. The van der Waals surface area contributed by atoms with E-state index in [4.69, 9.17) is 4.74 Å². The lowest BCUT2D eigenvalue weighted by atomic mass is 10.1. The number of anilines is 1. The molecule has 0 saturated carbocycles. The van der Waals surface area contributed by atoms with E-state index in [0.717, 1.165) is 23.4 Å². The van der Waals surface area contributed by atoms with Crippen LogP contribution in [0.2, 0.25) is 0 Å². The van der Waals surface area contributed by atoms with Gasteiger partial charge in [-0.25, -0.2) is 0 Å². The van der Waals surface area contributed by atoms with Crippen LogP contribution in [-0.2, 0) is 14.3 Å². The Morgan fingerprint density at radius 3 is 2.65 bits per heavy atom. The van der Waals surface area contributed by atoms with Gasteiger partial charge in [0.1, 0.15) is 0 Å². The Hall–Kier alpha value is -1.92. The van der Waals surface area contributed by atoms with Crippen molar-refractivity contribution in [2.75, 3.05) is 38.7 Å². The Balaban J connectivity index is 1.85. The topological polar surface area (TPSA) is 70.7 Å². The van der Waals surface area contributed by atoms with Crippen LogP contribution in [0.4, 0.5) is 5.69 Å². The van der Waals surface area contributed by atoms with Gasteiger partial charge >= 0.3 is 0 Å². The summed E-state index contributed by atoms with van der Waals surface area (Å²) in [5.74, 6) is -0.254. The van der Waals surface area contributed by atoms with E-state index in [2.05, 4.69) is 10.6 Å². The molecule has 6 nitrogen and oxygen atoms in total. The summed E-state index contributed by atoms with van der Waals surface area (Å²) in [6.45, 7) is 5.92. The van der Waals surface area contributed by atoms with E-state index in [1.165, 1.54) is 4.90 Å². The summed E-state index contributed by atoms with van der Waals surface area (Å²) in [7, 11) is 1.65. The van der Waals surface area contributed by atoms with Gasteiger partial charge in [-0.2, -0.15) is 0 Å². The van der Waals surface area contributed by atoms with Crippen molar-refractivity contribution < 1.29 is 14.3 Å². The standard InChI is InChI=1S/C17H25N3O3/c1-12-5-4-6-13(2)17(12)19-15(21)10-20(3)16(22)9-14-11-23-8-7-18-14/h4-6,14,18H,7-11H2,1-3H3,(H,19,21). The number of para-hydroxylation sites is 1. The van der Waals surface area contributed by atoms with Crippen LogP contribution in [0.3, 0.4) is 0 Å². The fourth-order valence-electron chi connectivity index (χ4n) is 2.61. The average molecular weight is 319 g/mol. The van der Waals surface area contributed by atoms with Crippen molar-refractivity contribution in [1.29, 1.82) is 0 Å². The van der Waals surface area contributed by atoms with E-state index in [9.17, 15) is 9.59 Å². The van der Waals surface area contributed by atoms with Crippen LogP contribution in [0, 0.1) is 13.8 Å². The number of likely N-dealkylation sites (N-methyl/N-ethyl adjacent to an activating group) is 1. The lowest BCUT2D eigenvalue weighted by Gasteiger charge is -2.25. The zero-order valence-corrected chi connectivity index (χ0v) is 14.0. The normalized spacial score (nSPS) is 17.6. The van der Waals surface area contributed by atoms with Gasteiger partial charge in [0.05, 0.1) is 19.8 Å². The lowest BCUT2D eigenvalue weighted by Crippen LogP contribution is -2.45. The number of carbonyl (C=O) groups is 2. The predicted octanol–water partition coefficient (Wildman–Crippen LogP) is 1.08. The first-order valence-electron chi connectivity index (χ1n) is 7.88. The van der Waals surface area contributed by atoms with Gasteiger partial charge in [-0.3, -0.25) is 9.59 Å². The number of ether oxygens (including phenoxy) is 1. The predicted molar refractivity (Wildman–Crippen MR) is 89.4 cm³/mol. The van der Waals surface area contributed by atoms with Gasteiger partial charge < -0.3 is 20.3 Å². The molecule has 0 spiro atoms. The van der Waals surface area contributed by atoms with Crippen LogP contribution in [0.5, 0.6) is 0 Å². The molecule has 23 heavy (non-hydrogen) atoms. The van der Waals surface area contributed by atoms with Gasteiger partial charge in [-0.1, -0.05) is 18.2 Å². The summed E-state index contributed by atoms with van der Waals surface area (Å²) < 4.78 is 5.34. The Kier molecular flexibility index (Phi) is 6.12. The average Bonchev–Trinajstić information content (AvgIpc) is 2.52. The molecule has 1 unspecified atom stereocenters. The molecule has 1 aliphatic heterocycles. The molecule has 1 fully saturated rings. The molecule has 0 radical (unpaired) electrons. The molecule has 2 rings (SSSR count). The highest BCUT2D eigenvalue weighted by Gasteiger charge is 2.20. The van der Waals surface area contributed by atoms with Crippen LogP contribution < -0.4 is 10.6 Å². The third kappa shape index (κ3) is 5.04. The fourth-order valence-corrected chi connectivity index (χ4v) is 2.61. The summed E-state index contributed by atoms with van der Waals surface area (Å²) in [6, 6.07) is 5.88. The summed E-state index contributed by atoms with van der Waals surface area (Å²) in [6.07, 6.45) is 0.340. The number of benzene rings is 1. The van der Waals surface area contributed by atoms with Crippen LogP contribution in [0.25, 0.3) is 0 Å². The maximum atomic E-state index is 12.2. The SMILES string of the molecule is Cc1cccc(C)c1NC(=O)CN(C)C(=O)CC1COCCN1. The number of hydrogen-bond donors (Lipinski definition) is 2. The second-order valence-corrected chi connectivity index (χ2v) is 5.99. The first kappa shape index (κ1) is 17.4. The first-order chi connectivity index (χ1) is 11.0. The van der Waals surface area contributed by atoms with Crippen molar-refractivity contribution in [1.82, 2.24) is 10.2 Å². The second kappa shape index (κ2) is 8.08. The molecule has 1 saturated heterocycles. The minimum atomic E-state index is -0.189. The zero-order valence-electron chi connectivity index (χ0n) is 14.0. The number of amides is 2. The maximum Gasteiger partial charge on any atom is 0.243 e. The van der Waals surface area contributed by atoms with Gasteiger partial charge in [0.2, 0.25) is 11.8 Å². The van der Waals surface area contributed by atoms with Crippen LogP contribution in [0.1, 0.15) is 17.5 Å². The van der Waals surface area contributed by atoms with Crippen molar-refractivity contribution in [2.45, 2.75) is 26.3 Å². The van der Waals surface area contributed by atoms with Crippen molar-refractivity contribution in [3.05, 3.63) is 29.3 Å². The number of nitrogens with zero attached hydrogens (tertiary/aromatic N) is 1. The molecule has 126 valence electrons. The van der Waals surface area contributed by atoms with Gasteiger partial charge in [0.15, 0.2) is 0 Å². The Morgan fingerprint density at radius 2 is 2.04 bits per heavy atom. The van der Waals surface area contributed by atoms with Crippen LogP contribution >= 0.6 is 0 Å². The molecule has 2 N–H and O–H groups in total. The van der Waals surface area contributed by atoms with E-state index >= 15 is 0 Å². The third-order valence-corrected chi connectivity index (χ3v) is 3.97. The van der Waals surface area contributed by atoms with Gasteiger partial charge in [-0.15, -0.1) is 0 Å². The Morgan fingerprint density at radius 1 is 1.35 bits per heavy atom. The maximum absolute atomic E-state index is 12.2. The number of hydrogen-bond acceptors (Lipinski definition) is 4. The molecule has 0 aromatic heterocycles. The third-order valence-electron chi connectivity index (χ3n) is 3.97. The zero-order chi connectivity index (χ0) is 16.8. The minimum Gasteiger partial charge on any atom is -0.378 e. The smallest absolute Gasteiger partial charge is 0.243 e. The highest BCUT2D eigenvalue weighted by molar-refractivity contribution is 5.95. The molecule has 1 aromatic carbocycles. The molecule has 6 heteroatoms. The van der Waals surface area contributed by atoms with E-state index in [1.807, 2.05) is 32.0 Å². The Bertz CT molecular complexity index is 548. The van der Waals surface area contributed by atoms with Crippen molar-refractivity contribution >= 4 is 17.5 Å². The quantitative estimate of drug-likeness (QED) is 0.852. The Labute approximate surface area is 137 Å². The minimum absolute atomic E-state index is 0.0281. The highest BCUT2D eigenvalue weighted by Crippen LogP contribution is 2.19. The van der Waals surface area contributed by atoms with E-state index in [1.54, 1.807) is 7.05 Å². The fraction of sp³-hybridized carbons (Fsp3) is 0.529.